The summed E-state index contributed by atoms with van der Waals surface area (Å²) in [6.07, 6.45) is 3.82. The first kappa shape index (κ1) is 18.3. The summed E-state index contributed by atoms with van der Waals surface area (Å²) >= 11 is 0. The molecule has 1 aromatic heterocycles. The van der Waals surface area contributed by atoms with E-state index in [-0.39, 0.29) is 25.0 Å². The molecule has 146 valence electrons. The Labute approximate surface area is 162 Å². The van der Waals surface area contributed by atoms with E-state index >= 15 is 0 Å². The molecule has 1 N–H and O–H groups in total. The van der Waals surface area contributed by atoms with E-state index < -0.39 is 23.5 Å². The first-order valence-corrected chi connectivity index (χ1v) is 9.53. The quantitative estimate of drug-likeness (QED) is 0.704. The number of rotatable bonds is 7. The van der Waals surface area contributed by atoms with Crippen LogP contribution in [-0.2, 0) is 34.4 Å². The predicted molar refractivity (Wildman–Crippen MR) is 99.7 cm³/mol. The predicted octanol–water partition coefficient (Wildman–Crippen LogP) is 0.480. The van der Waals surface area contributed by atoms with Crippen molar-refractivity contribution >= 4 is 17.6 Å². The molecular weight excluding hydrogens is 358 g/mol. The Hall–Kier alpha value is -3.03. The van der Waals surface area contributed by atoms with E-state index in [1.807, 2.05) is 30.3 Å². The maximum atomic E-state index is 13.1. The van der Waals surface area contributed by atoms with Crippen molar-refractivity contribution in [1.82, 2.24) is 25.0 Å². The Morgan fingerprint density at radius 1 is 1.21 bits per heavy atom. The standard InChI is InChI=1S/C20H23N5O3/c1-24-12-21-17(23-24)11-25-10-16(18(26)19(27)22-14-7-8-14)15(20(25)28)9-13-5-3-2-4-6-13/h2-6,12,14-16H,7-11H2,1H3,(H,22,27)/t15-,16+/m1/s1. The largest absolute Gasteiger partial charge is 0.347 e. The highest BCUT2D eigenvalue weighted by Gasteiger charge is 2.46. The zero-order valence-electron chi connectivity index (χ0n) is 15.7. The Kier molecular flexibility index (Phi) is 4.93. The molecule has 2 heterocycles. The summed E-state index contributed by atoms with van der Waals surface area (Å²) in [6.45, 7) is 0.449. The number of hydrogen-bond acceptors (Lipinski definition) is 5. The number of ketones is 1. The molecule has 0 radical (unpaired) electrons. The highest BCUT2D eigenvalue weighted by atomic mass is 16.2. The fraction of sp³-hybridized carbons (Fsp3) is 0.450. The number of Topliss-reactive ketones (excluding diaryl/α,β-unsaturated/α-hetero) is 1. The van der Waals surface area contributed by atoms with E-state index in [0.717, 1.165) is 18.4 Å². The minimum atomic E-state index is -0.657. The molecule has 2 fully saturated rings. The van der Waals surface area contributed by atoms with Crippen LogP contribution >= 0.6 is 0 Å². The summed E-state index contributed by atoms with van der Waals surface area (Å²) in [5.74, 6) is -1.90. The molecule has 1 aliphatic heterocycles. The lowest BCUT2D eigenvalue weighted by Gasteiger charge is -2.15. The van der Waals surface area contributed by atoms with Gasteiger partial charge in [0.1, 0.15) is 6.33 Å². The Morgan fingerprint density at radius 3 is 2.61 bits per heavy atom. The summed E-state index contributed by atoms with van der Waals surface area (Å²) in [6, 6.07) is 9.69. The van der Waals surface area contributed by atoms with Crippen LogP contribution in [0.3, 0.4) is 0 Å². The SMILES string of the molecule is Cn1cnc(CN2C[C@H](C(=O)C(=O)NC3CC3)[C@@H](Cc3ccccc3)C2=O)n1. The van der Waals surface area contributed by atoms with Crippen LogP contribution in [0, 0.1) is 11.8 Å². The molecule has 0 unspecified atom stereocenters. The van der Waals surface area contributed by atoms with Gasteiger partial charge >= 0.3 is 0 Å². The number of aromatic nitrogens is 3. The second kappa shape index (κ2) is 7.53. The van der Waals surface area contributed by atoms with Crippen molar-refractivity contribution < 1.29 is 14.4 Å². The van der Waals surface area contributed by atoms with Gasteiger partial charge < -0.3 is 10.2 Å². The molecule has 2 amide bonds. The number of nitrogens with one attached hydrogen (secondary N) is 1. The number of aryl methyl sites for hydroxylation is 1. The van der Waals surface area contributed by atoms with Gasteiger partial charge in [-0.25, -0.2) is 4.98 Å². The first-order valence-electron chi connectivity index (χ1n) is 9.53. The minimum Gasteiger partial charge on any atom is -0.347 e. The van der Waals surface area contributed by atoms with Crippen molar-refractivity contribution in [3.05, 3.63) is 48.0 Å². The van der Waals surface area contributed by atoms with Crippen LogP contribution in [-0.4, -0.2) is 49.8 Å². The van der Waals surface area contributed by atoms with Gasteiger partial charge in [0.25, 0.3) is 5.91 Å². The molecule has 1 aliphatic carbocycles. The molecule has 4 rings (SSSR count). The number of hydrogen-bond donors (Lipinski definition) is 1. The van der Waals surface area contributed by atoms with Crippen molar-refractivity contribution in [2.75, 3.05) is 6.54 Å². The highest BCUT2D eigenvalue weighted by molar-refractivity contribution is 6.37. The maximum absolute atomic E-state index is 13.1. The summed E-state index contributed by atoms with van der Waals surface area (Å²) in [5.41, 5.74) is 0.971. The molecule has 28 heavy (non-hydrogen) atoms. The lowest BCUT2D eigenvalue weighted by atomic mass is 9.86. The van der Waals surface area contributed by atoms with Gasteiger partial charge in [0, 0.05) is 19.6 Å². The van der Waals surface area contributed by atoms with E-state index in [1.54, 1.807) is 23.0 Å². The summed E-state index contributed by atoms with van der Waals surface area (Å²) in [4.78, 5) is 44.0. The minimum absolute atomic E-state index is 0.106. The van der Waals surface area contributed by atoms with E-state index in [1.165, 1.54) is 0 Å². The average molecular weight is 381 g/mol. The lowest BCUT2D eigenvalue weighted by Crippen LogP contribution is -2.39. The smallest absolute Gasteiger partial charge is 0.287 e. The molecule has 0 bridgehead atoms. The van der Waals surface area contributed by atoms with Crippen molar-refractivity contribution in [2.24, 2.45) is 18.9 Å². The molecule has 8 nitrogen and oxygen atoms in total. The number of likely N-dealkylation sites (tertiary alicyclic amines) is 1. The summed E-state index contributed by atoms with van der Waals surface area (Å²) in [7, 11) is 1.76. The average Bonchev–Trinajstić information content (AvgIpc) is 3.34. The highest BCUT2D eigenvalue weighted by Crippen LogP contribution is 2.30. The van der Waals surface area contributed by atoms with Gasteiger partial charge in [-0.15, -0.1) is 0 Å². The van der Waals surface area contributed by atoms with Crippen LogP contribution in [0.2, 0.25) is 0 Å². The number of benzene rings is 1. The van der Waals surface area contributed by atoms with Crippen LogP contribution < -0.4 is 5.32 Å². The van der Waals surface area contributed by atoms with Gasteiger partial charge in [-0.05, 0) is 24.8 Å². The van der Waals surface area contributed by atoms with Crippen molar-refractivity contribution in [3.63, 3.8) is 0 Å². The first-order chi connectivity index (χ1) is 13.5. The fourth-order valence-corrected chi connectivity index (χ4v) is 3.65. The Balaban J connectivity index is 1.53. The second-order valence-corrected chi connectivity index (χ2v) is 7.57. The third kappa shape index (κ3) is 3.95. The molecule has 2 atom stereocenters. The van der Waals surface area contributed by atoms with E-state index in [4.69, 9.17) is 0 Å². The number of amides is 2. The molecular formula is C20H23N5O3. The summed E-state index contributed by atoms with van der Waals surface area (Å²) in [5, 5.41) is 6.97. The van der Waals surface area contributed by atoms with Crippen molar-refractivity contribution in [3.8, 4) is 0 Å². The van der Waals surface area contributed by atoms with Crippen molar-refractivity contribution in [1.29, 1.82) is 0 Å². The van der Waals surface area contributed by atoms with Crippen molar-refractivity contribution in [2.45, 2.75) is 31.8 Å². The molecule has 1 saturated heterocycles. The van der Waals surface area contributed by atoms with E-state index in [0.29, 0.717) is 12.2 Å². The monoisotopic (exact) mass is 381 g/mol. The zero-order valence-corrected chi connectivity index (χ0v) is 15.7. The Bertz CT molecular complexity index is 890. The van der Waals surface area contributed by atoms with Crippen LogP contribution in [0.15, 0.2) is 36.7 Å². The van der Waals surface area contributed by atoms with Crippen LogP contribution in [0.1, 0.15) is 24.2 Å². The molecule has 1 saturated carbocycles. The van der Waals surface area contributed by atoms with Gasteiger partial charge in [-0.1, -0.05) is 30.3 Å². The molecule has 8 heteroatoms. The number of nitrogens with zero attached hydrogens (tertiary/aromatic N) is 4. The number of carbonyl (C=O) groups is 3. The third-order valence-corrected chi connectivity index (χ3v) is 5.28. The normalized spacial score (nSPS) is 21.8. The van der Waals surface area contributed by atoms with E-state index in [9.17, 15) is 14.4 Å². The molecule has 2 aliphatic rings. The third-order valence-electron chi connectivity index (χ3n) is 5.28. The second-order valence-electron chi connectivity index (χ2n) is 7.57. The van der Waals surface area contributed by atoms with Gasteiger partial charge in [-0.2, -0.15) is 5.10 Å². The maximum Gasteiger partial charge on any atom is 0.287 e. The zero-order chi connectivity index (χ0) is 19.7. The molecule has 2 aromatic rings. The van der Waals surface area contributed by atoms with Gasteiger partial charge in [0.15, 0.2) is 5.82 Å². The Morgan fingerprint density at radius 2 is 1.96 bits per heavy atom. The molecule has 0 spiro atoms. The molecule has 1 aromatic carbocycles. The van der Waals surface area contributed by atoms with Gasteiger partial charge in [0.2, 0.25) is 11.7 Å². The number of carbonyl (C=O) groups excluding carboxylic acids is 3. The van der Waals surface area contributed by atoms with Gasteiger partial charge in [0.05, 0.1) is 18.4 Å². The van der Waals surface area contributed by atoms with Gasteiger partial charge in [-0.3, -0.25) is 19.1 Å². The lowest BCUT2D eigenvalue weighted by molar-refractivity contribution is -0.141. The van der Waals surface area contributed by atoms with E-state index in [2.05, 4.69) is 15.4 Å². The summed E-state index contributed by atoms with van der Waals surface area (Å²) < 4.78 is 1.57. The fourth-order valence-electron chi connectivity index (χ4n) is 3.65. The topological polar surface area (TPSA) is 97.2 Å². The van der Waals surface area contributed by atoms with Crippen LogP contribution in [0.25, 0.3) is 0 Å². The van der Waals surface area contributed by atoms with Crippen LogP contribution in [0.4, 0.5) is 0 Å². The van der Waals surface area contributed by atoms with Crippen LogP contribution in [0.5, 0.6) is 0 Å².